The fraction of sp³-hybridized carbons (Fsp3) is 0.588. The van der Waals surface area contributed by atoms with Gasteiger partial charge in [0.2, 0.25) is 5.91 Å². The number of carbonyl (C=O) groups excluding carboxylic acids is 1. The molecular formula is C17H26ClFN2O. The predicted molar refractivity (Wildman–Crippen MR) is 89.6 cm³/mol. The van der Waals surface area contributed by atoms with Gasteiger partial charge in [0.1, 0.15) is 5.82 Å². The number of amides is 1. The van der Waals surface area contributed by atoms with Crippen molar-refractivity contribution >= 4 is 18.3 Å². The fourth-order valence-electron chi connectivity index (χ4n) is 3.02. The van der Waals surface area contributed by atoms with Crippen molar-refractivity contribution in [2.45, 2.75) is 57.5 Å². The fourth-order valence-corrected chi connectivity index (χ4v) is 3.02. The molecule has 1 aromatic carbocycles. The predicted octanol–water partition coefficient (Wildman–Crippen LogP) is 3.30. The van der Waals surface area contributed by atoms with Gasteiger partial charge in [-0.25, -0.2) is 4.39 Å². The summed E-state index contributed by atoms with van der Waals surface area (Å²) >= 11 is 0. The van der Waals surface area contributed by atoms with Gasteiger partial charge in [-0.05, 0) is 43.9 Å². The smallest absolute Gasteiger partial charge is 0.224 e. The molecule has 5 heteroatoms. The van der Waals surface area contributed by atoms with Crippen LogP contribution in [0.4, 0.5) is 4.39 Å². The number of nitrogens with two attached hydrogens (primary N) is 1. The minimum Gasteiger partial charge on any atom is -0.339 e. The van der Waals surface area contributed by atoms with Gasteiger partial charge < -0.3 is 10.6 Å². The first kappa shape index (κ1) is 18.9. The van der Waals surface area contributed by atoms with Crippen molar-refractivity contribution in [3.8, 4) is 0 Å². The third-order valence-corrected chi connectivity index (χ3v) is 4.14. The largest absolute Gasteiger partial charge is 0.339 e. The van der Waals surface area contributed by atoms with E-state index in [1.807, 2.05) is 11.8 Å². The lowest BCUT2D eigenvalue weighted by atomic mass is 10.1. The Hall–Kier alpha value is -1.13. The molecule has 1 aliphatic carbocycles. The van der Waals surface area contributed by atoms with Crippen molar-refractivity contribution in [2.75, 3.05) is 6.54 Å². The Morgan fingerprint density at radius 3 is 2.45 bits per heavy atom. The molecule has 1 aromatic rings. The van der Waals surface area contributed by atoms with Gasteiger partial charge in [-0.1, -0.05) is 25.0 Å². The van der Waals surface area contributed by atoms with Gasteiger partial charge in [-0.15, -0.1) is 12.4 Å². The first-order valence-corrected chi connectivity index (χ1v) is 7.86. The zero-order valence-electron chi connectivity index (χ0n) is 13.1. The molecule has 0 aliphatic heterocycles. The maximum Gasteiger partial charge on any atom is 0.224 e. The van der Waals surface area contributed by atoms with Crippen molar-refractivity contribution in [1.29, 1.82) is 0 Å². The van der Waals surface area contributed by atoms with Gasteiger partial charge in [0.05, 0.1) is 0 Å². The molecule has 1 amide bonds. The zero-order chi connectivity index (χ0) is 15.2. The van der Waals surface area contributed by atoms with Crippen LogP contribution in [-0.2, 0) is 11.2 Å². The molecule has 0 saturated heterocycles. The molecule has 2 rings (SSSR count). The lowest BCUT2D eigenvalue weighted by Crippen LogP contribution is -2.42. The second-order valence-electron chi connectivity index (χ2n) is 6.08. The Balaban J connectivity index is 0.00000242. The minimum atomic E-state index is -0.223. The molecule has 1 unspecified atom stereocenters. The number of rotatable bonds is 6. The topological polar surface area (TPSA) is 46.3 Å². The van der Waals surface area contributed by atoms with Crippen LogP contribution in [0, 0.1) is 5.82 Å². The van der Waals surface area contributed by atoms with Crippen LogP contribution in [0.15, 0.2) is 24.3 Å². The van der Waals surface area contributed by atoms with E-state index in [1.54, 1.807) is 12.1 Å². The summed E-state index contributed by atoms with van der Waals surface area (Å²) in [6.45, 7) is 2.56. The summed E-state index contributed by atoms with van der Waals surface area (Å²) in [7, 11) is 0. The Morgan fingerprint density at radius 1 is 1.32 bits per heavy atom. The highest BCUT2D eigenvalue weighted by Gasteiger charge is 2.26. The van der Waals surface area contributed by atoms with Crippen LogP contribution < -0.4 is 5.73 Å². The van der Waals surface area contributed by atoms with Crippen LogP contribution in [0.5, 0.6) is 0 Å². The lowest BCUT2D eigenvalue weighted by molar-refractivity contribution is -0.133. The van der Waals surface area contributed by atoms with Gasteiger partial charge in [0.25, 0.3) is 0 Å². The van der Waals surface area contributed by atoms with Crippen LogP contribution >= 0.6 is 12.4 Å². The van der Waals surface area contributed by atoms with Crippen molar-refractivity contribution in [1.82, 2.24) is 4.90 Å². The van der Waals surface area contributed by atoms with Crippen LogP contribution in [0.25, 0.3) is 0 Å². The van der Waals surface area contributed by atoms with Crippen LogP contribution in [0.3, 0.4) is 0 Å². The van der Waals surface area contributed by atoms with E-state index in [0.29, 0.717) is 19.0 Å². The normalized spacial score (nSPS) is 16.1. The minimum absolute atomic E-state index is 0. The average molecular weight is 329 g/mol. The van der Waals surface area contributed by atoms with Gasteiger partial charge in [-0.3, -0.25) is 4.79 Å². The molecular weight excluding hydrogens is 303 g/mol. The van der Waals surface area contributed by atoms with Crippen LogP contribution in [-0.4, -0.2) is 29.4 Å². The maximum atomic E-state index is 12.9. The van der Waals surface area contributed by atoms with Gasteiger partial charge >= 0.3 is 0 Å². The summed E-state index contributed by atoms with van der Waals surface area (Å²) in [5.41, 5.74) is 6.83. The Bertz CT molecular complexity index is 458. The summed E-state index contributed by atoms with van der Waals surface area (Å²) in [5, 5.41) is 0. The molecule has 1 saturated carbocycles. The maximum absolute atomic E-state index is 12.9. The molecule has 22 heavy (non-hydrogen) atoms. The molecule has 1 atom stereocenters. The third-order valence-electron chi connectivity index (χ3n) is 4.14. The highest BCUT2D eigenvalue weighted by molar-refractivity contribution is 5.85. The highest BCUT2D eigenvalue weighted by atomic mass is 35.5. The first-order valence-electron chi connectivity index (χ1n) is 7.86. The number of hydrogen-bond donors (Lipinski definition) is 1. The first-order chi connectivity index (χ1) is 10.1. The summed E-state index contributed by atoms with van der Waals surface area (Å²) < 4.78 is 12.9. The van der Waals surface area contributed by atoms with Gasteiger partial charge in [0.15, 0.2) is 0 Å². The summed E-state index contributed by atoms with van der Waals surface area (Å²) in [4.78, 5) is 14.4. The number of nitrogens with zero attached hydrogens (tertiary/aromatic N) is 1. The Kier molecular flexibility index (Phi) is 7.83. The van der Waals surface area contributed by atoms with E-state index in [1.165, 1.54) is 25.0 Å². The average Bonchev–Trinajstić information content (AvgIpc) is 2.94. The molecule has 1 fully saturated rings. The standard InChI is InChI=1S/C17H25FN2O.ClH/c1-13(19)12-17(21)20(16-4-2-3-5-16)11-10-14-6-8-15(18)9-7-14;/h6-9,13,16H,2-5,10-12,19H2,1H3;1H. The summed E-state index contributed by atoms with van der Waals surface area (Å²) in [6.07, 6.45) is 5.75. The van der Waals surface area contributed by atoms with Crippen molar-refractivity contribution in [3.05, 3.63) is 35.6 Å². The van der Waals surface area contributed by atoms with E-state index in [0.717, 1.165) is 24.8 Å². The van der Waals surface area contributed by atoms with E-state index in [2.05, 4.69) is 0 Å². The van der Waals surface area contributed by atoms with E-state index < -0.39 is 0 Å². The Labute approximate surface area is 138 Å². The van der Waals surface area contributed by atoms with Gasteiger partial charge in [-0.2, -0.15) is 0 Å². The number of carbonyl (C=O) groups is 1. The van der Waals surface area contributed by atoms with Crippen molar-refractivity contribution in [3.63, 3.8) is 0 Å². The molecule has 0 heterocycles. The van der Waals surface area contributed by atoms with E-state index >= 15 is 0 Å². The van der Waals surface area contributed by atoms with E-state index in [-0.39, 0.29) is 30.2 Å². The number of hydrogen-bond acceptors (Lipinski definition) is 2. The van der Waals surface area contributed by atoms with Crippen LogP contribution in [0.1, 0.15) is 44.6 Å². The number of halogens is 2. The highest BCUT2D eigenvalue weighted by Crippen LogP contribution is 2.24. The molecule has 0 spiro atoms. The van der Waals surface area contributed by atoms with E-state index in [9.17, 15) is 9.18 Å². The molecule has 0 radical (unpaired) electrons. The molecule has 0 aromatic heterocycles. The lowest BCUT2D eigenvalue weighted by Gasteiger charge is -2.30. The Morgan fingerprint density at radius 2 is 1.91 bits per heavy atom. The summed E-state index contributed by atoms with van der Waals surface area (Å²) in [6, 6.07) is 6.78. The molecule has 1 aliphatic rings. The second-order valence-corrected chi connectivity index (χ2v) is 6.08. The molecule has 0 bridgehead atoms. The third kappa shape index (κ3) is 5.58. The molecule has 124 valence electrons. The second kappa shape index (κ2) is 9.11. The van der Waals surface area contributed by atoms with Crippen molar-refractivity contribution in [2.24, 2.45) is 5.73 Å². The van der Waals surface area contributed by atoms with E-state index in [4.69, 9.17) is 5.73 Å². The van der Waals surface area contributed by atoms with Gasteiger partial charge in [0, 0.05) is 25.0 Å². The quantitative estimate of drug-likeness (QED) is 0.871. The van der Waals surface area contributed by atoms with Crippen LogP contribution in [0.2, 0.25) is 0 Å². The molecule has 2 N–H and O–H groups in total. The zero-order valence-corrected chi connectivity index (χ0v) is 13.9. The molecule has 3 nitrogen and oxygen atoms in total. The monoisotopic (exact) mass is 328 g/mol. The van der Waals surface area contributed by atoms with Crippen molar-refractivity contribution < 1.29 is 9.18 Å². The number of benzene rings is 1. The summed E-state index contributed by atoms with van der Waals surface area (Å²) in [5.74, 6) is -0.0709. The SMILES string of the molecule is CC(N)CC(=O)N(CCc1ccc(F)cc1)C1CCCC1.Cl.